The number of benzene rings is 2. The average molecular weight is 351 g/mol. The molecule has 0 aromatic heterocycles. The van der Waals surface area contributed by atoms with E-state index in [9.17, 15) is 9.59 Å². The van der Waals surface area contributed by atoms with Crippen molar-refractivity contribution >= 4 is 23.2 Å². The molecule has 3 rings (SSSR count). The lowest BCUT2D eigenvalue weighted by Crippen LogP contribution is -2.27. The second-order valence-electron chi connectivity index (χ2n) is 6.73. The summed E-state index contributed by atoms with van der Waals surface area (Å²) in [7, 11) is 0. The van der Waals surface area contributed by atoms with Gasteiger partial charge in [-0.1, -0.05) is 12.1 Å². The predicted molar refractivity (Wildman–Crippen MR) is 105 cm³/mol. The number of nitrogens with one attached hydrogen (secondary N) is 2. The summed E-state index contributed by atoms with van der Waals surface area (Å²) >= 11 is 0. The molecule has 0 radical (unpaired) electrons. The van der Waals surface area contributed by atoms with Gasteiger partial charge < -0.3 is 15.5 Å². The number of anilines is 2. The van der Waals surface area contributed by atoms with Crippen LogP contribution in [0.2, 0.25) is 0 Å². The molecule has 0 unspecified atom stereocenters. The summed E-state index contributed by atoms with van der Waals surface area (Å²) in [5, 5.41) is 6.02. The minimum absolute atomic E-state index is 0.0666. The molecule has 1 heterocycles. The van der Waals surface area contributed by atoms with Crippen molar-refractivity contribution in [3.05, 3.63) is 59.2 Å². The van der Waals surface area contributed by atoms with Crippen LogP contribution < -0.4 is 10.6 Å². The fraction of sp³-hybridized carbons (Fsp3) is 0.333. The number of carbonyl (C=O) groups excluding carboxylic acids is 2. The highest BCUT2D eigenvalue weighted by atomic mass is 16.2. The Morgan fingerprint density at radius 1 is 1.00 bits per heavy atom. The van der Waals surface area contributed by atoms with E-state index < -0.39 is 0 Å². The Balaban J connectivity index is 1.54. The number of carbonyl (C=O) groups is 2. The molecule has 1 aliphatic heterocycles. The molecule has 136 valence electrons. The van der Waals surface area contributed by atoms with Gasteiger partial charge in [-0.05, 0) is 68.1 Å². The highest BCUT2D eigenvalue weighted by Gasteiger charge is 2.19. The first-order valence-corrected chi connectivity index (χ1v) is 9.04. The van der Waals surface area contributed by atoms with Gasteiger partial charge in [-0.2, -0.15) is 0 Å². The fourth-order valence-electron chi connectivity index (χ4n) is 3.12. The smallest absolute Gasteiger partial charge is 0.253 e. The van der Waals surface area contributed by atoms with E-state index >= 15 is 0 Å². The third-order valence-electron chi connectivity index (χ3n) is 4.85. The molecule has 1 saturated heterocycles. The summed E-state index contributed by atoms with van der Waals surface area (Å²) in [5.41, 5.74) is 4.65. The van der Waals surface area contributed by atoms with Gasteiger partial charge in [0.25, 0.3) is 5.91 Å². The molecule has 2 amide bonds. The van der Waals surface area contributed by atoms with Gasteiger partial charge in [0.2, 0.25) is 5.91 Å². The maximum atomic E-state index is 12.3. The zero-order valence-electron chi connectivity index (χ0n) is 15.3. The predicted octanol–water partition coefficient (Wildman–Crippen LogP) is 3.59. The minimum Gasteiger partial charge on any atom is -0.376 e. The first kappa shape index (κ1) is 18.0. The van der Waals surface area contributed by atoms with E-state index in [1.807, 2.05) is 36.9 Å². The van der Waals surface area contributed by atoms with Crippen LogP contribution in [0.1, 0.15) is 34.3 Å². The van der Waals surface area contributed by atoms with Gasteiger partial charge in [0.05, 0.1) is 6.54 Å². The number of nitrogens with zero attached hydrogens (tertiary/aromatic N) is 1. The Bertz CT molecular complexity index is 793. The molecule has 0 spiro atoms. The van der Waals surface area contributed by atoms with Crippen molar-refractivity contribution in [1.29, 1.82) is 0 Å². The summed E-state index contributed by atoms with van der Waals surface area (Å²) in [6.07, 6.45) is 2.15. The Hall–Kier alpha value is -2.82. The van der Waals surface area contributed by atoms with Crippen LogP contribution in [-0.4, -0.2) is 36.3 Å². The quantitative estimate of drug-likeness (QED) is 0.865. The molecular formula is C21H25N3O2. The van der Waals surface area contributed by atoms with Crippen LogP contribution in [0.5, 0.6) is 0 Å². The monoisotopic (exact) mass is 351 g/mol. The first-order chi connectivity index (χ1) is 12.5. The van der Waals surface area contributed by atoms with Crippen molar-refractivity contribution in [1.82, 2.24) is 4.90 Å². The van der Waals surface area contributed by atoms with Gasteiger partial charge in [-0.15, -0.1) is 0 Å². The Morgan fingerprint density at radius 2 is 1.69 bits per heavy atom. The third-order valence-corrected chi connectivity index (χ3v) is 4.85. The van der Waals surface area contributed by atoms with Crippen LogP contribution in [0.4, 0.5) is 11.4 Å². The zero-order chi connectivity index (χ0) is 18.5. The van der Waals surface area contributed by atoms with E-state index in [4.69, 9.17) is 0 Å². The van der Waals surface area contributed by atoms with Crippen molar-refractivity contribution in [3.63, 3.8) is 0 Å². The molecule has 5 heteroatoms. The molecule has 2 aromatic rings. The fourth-order valence-corrected chi connectivity index (χ4v) is 3.12. The molecular weight excluding hydrogens is 326 g/mol. The number of amides is 2. The largest absolute Gasteiger partial charge is 0.376 e. The van der Waals surface area contributed by atoms with Crippen molar-refractivity contribution in [2.45, 2.75) is 26.7 Å². The summed E-state index contributed by atoms with van der Waals surface area (Å²) in [6, 6.07) is 13.1. The number of likely N-dealkylation sites (tertiary alicyclic amines) is 1. The minimum atomic E-state index is -0.121. The highest BCUT2D eigenvalue weighted by molar-refractivity contribution is 5.96. The van der Waals surface area contributed by atoms with Crippen LogP contribution in [0.25, 0.3) is 0 Å². The molecule has 1 aliphatic rings. The van der Waals surface area contributed by atoms with Crippen molar-refractivity contribution in [3.8, 4) is 0 Å². The Labute approximate surface area is 154 Å². The summed E-state index contributed by atoms with van der Waals surface area (Å²) in [4.78, 5) is 26.4. The van der Waals surface area contributed by atoms with E-state index in [-0.39, 0.29) is 18.4 Å². The van der Waals surface area contributed by atoms with Gasteiger partial charge >= 0.3 is 0 Å². The van der Waals surface area contributed by atoms with Crippen LogP contribution >= 0.6 is 0 Å². The van der Waals surface area contributed by atoms with Gasteiger partial charge in [0.15, 0.2) is 0 Å². The number of rotatable bonds is 5. The molecule has 0 atom stereocenters. The molecule has 26 heavy (non-hydrogen) atoms. The van der Waals surface area contributed by atoms with E-state index in [2.05, 4.69) is 10.6 Å². The topological polar surface area (TPSA) is 61.4 Å². The number of hydrogen-bond donors (Lipinski definition) is 2. The van der Waals surface area contributed by atoms with Gasteiger partial charge in [-0.25, -0.2) is 0 Å². The lowest BCUT2D eigenvalue weighted by molar-refractivity contribution is -0.114. The Morgan fingerprint density at radius 3 is 2.38 bits per heavy atom. The highest BCUT2D eigenvalue weighted by Crippen LogP contribution is 2.18. The van der Waals surface area contributed by atoms with E-state index in [1.54, 1.807) is 24.3 Å². The molecule has 0 saturated carbocycles. The van der Waals surface area contributed by atoms with Crippen LogP contribution in [0, 0.1) is 13.8 Å². The maximum Gasteiger partial charge on any atom is 0.253 e. The molecule has 5 nitrogen and oxygen atoms in total. The van der Waals surface area contributed by atoms with Crippen molar-refractivity contribution < 1.29 is 9.59 Å². The normalized spacial score (nSPS) is 13.5. The van der Waals surface area contributed by atoms with E-state index in [1.165, 1.54) is 5.56 Å². The van der Waals surface area contributed by atoms with Crippen molar-refractivity contribution in [2.75, 3.05) is 30.3 Å². The molecule has 2 aromatic carbocycles. The Kier molecular flexibility index (Phi) is 5.56. The molecule has 2 N–H and O–H groups in total. The molecule has 1 fully saturated rings. The second-order valence-corrected chi connectivity index (χ2v) is 6.73. The second kappa shape index (κ2) is 8.04. The van der Waals surface area contributed by atoms with Crippen molar-refractivity contribution in [2.24, 2.45) is 0 Å². The lowest BCUT2D eigenvalue weighted by Gasteiger charge is -2.15. The standard InChI is InChI=1S/C21H25N3O2/c1-15-6-5-7-19(16(15)2)22-14-20(25)23-18-10-8-17(9-11-18)21(26)24-12-3-4-13-24/h5-11,22H,3-4,12-14H2,1-2H3,(H,23,25). The molecule has 0 bridgehead atoms. The van der Waals surface area contributed by atoms with Crippen LogP contribution in [0.3, 0.4) is 0 Å². The first-order valence-electron chi connectivity index (χ1n) is 9.04. The molecule has 0 aliphatic carbocycles. The zero-order valence-corrected chi connectivity index (χ0v) is 15.3. The van der Waals surface area contributed by atoms with Crippen LogP contribution in [-0.2, 0) is 4.79 Å². The van der Waals surface area contributed by atoms with E-state index in [0.717, 1.165) is 37.2 Å². The third kappa shape index (κ3) is 4.23. The van der Waals surface area contributed by atoms with Gasteiger partial charge in [0.1, 0.15) is 0 Å². The number of hydrogen-bond acceptors (Lipinski definition) is 3. The van der Waals surface area contributed by atoms with E-state index in [0.29, 0.717) is 11.3 Å². The summed E-state index contributed by atoms with van der Waals surface area (Å²) < 4.78 is 0. The summed E-state index contributed by atoms with van der Waals surface area (Å²) in [5.74, 6) is -0.0542. The lowest BCUT2D eigenvalue weighted by atomic mass is 10.1. The van der Waals surface area contributed by atoms with Gasteiger partial charge in [0, 0.05) is 30.0 Å². The summed E-state index contributed by atoms with van der Waals surface area (Å²) in [6.45, 7) is 5.94. The average Bonchev–Trinajstić information content (AvgIpc) is 3.18. The number of aryl methyl sites for hydroxylation is 1. The van der Waals surface area contributed by atoms with Crippen LogP contribution in [0.15, 0.2) is 42.5 Å². The van der Waals surface area contributed by atoms with Gasteiger partial charge in [-0.3, -0.25) is 9.59 Å². The maximum absolute atomic E-state index is 12.3. The SMILES string of the molecule is Cc1cccc(NCC(=O)Nc2ccc(C(=O)N3CCCC3)cc2)c1C.